The van der Waals surface area contributed by atoms with Gasteiger partial charge in [0.05, 0.1) is 32.0 Å². The number of nitrogens with one attached hydrogen (secondary N) is 1. The molecular formula is C10H12BFN2O3. The van der Waals surface area contributed by atoms with Gasteiger partial charge in [-0.2, -0.15) is 5.11 Å². The normalized spacial score (nSPS) is 15.9. The maximum absolute atomic E-state index is 13.0. The molecule has 0 bridgehead atoms. The van der Waals surface area contributed by atoms with Gasteiger partial charge in [0.25, 0.3) is 0 Å². The van der Waals surface area contributed by atoms with Crippen molar-refractivity contribution in [2.24, 2.45) is 5.11 Å². The molecule has 1 aliphatic heterocycles. The van der Waals surface area contributed by atoms with Crippen molar-refractivity contribution in [1.82, 2.24) is 0 Å². The first kappa shape index (κ1) is 12.2. The first-order valence-corrected chi connectivity index (χ1v) is 5.26. The van der Waals surface area contributed by atoms with Gasteiger partial charge in [0, 0.05) is 5.56 Å². The third-order valence-corrected chi connectivity index (χ3v) is 2.37. The zero-order valence-corrected chi connectivity index (χ0v) is 9.19. The van der Waals surface area contributed by atoms with Crippen molar-refractivity contribution in [1.29, 1.82) is 5.53 Å². The van der Waals surface area contributed by atoms with Crippen molar-refractivity contribution in [3.63, 3.8) is 0 Å². The molecule has 1 fully saturated rings. The number of nitrogens with zero attached hydrogens (tertiary/aromatic N) is 1. The molecule has 0 spiro atoms. The smallest absolute Gasteiger partial charge is 0.407 e. The summed E-state index contributed by atoms with van der Waals surface area (Å²) in [7, 11) is -0.439. The van der Waals surface area contributed by atoms with Crippen LogP contribution in [-0.4, -0.2) is 26.8 Å². The van der Waals surface area contributed by atoms with Gasteiger partial charge in [0.15, 0.2) is 0 Å². The van der Waals surface area contributed by atoms with Crippen LogP contribution in [0.1, 0.15) is 5.56 Å². The summed E-state index contributed by atoms with van der Waals surface area (Å²) in [5.74, 6) is -0.378. The van der Waals surface area contributed by atoms with Gasteiger partial charge in [-0.1, -0.05) is 0 Å². The average Bonchev–Trinajstić information content (AvgIpc) is 2.38. The molecule has 0 saturated carbocycles. The zero-order valence-electron chi connectivity index (χ0n) is 9.19. The lowest BCUT2D eigenvalue weighted by atomic mass is 9.91. The molecule has 7 heteroatoms. The lowest BCUT2D eigenvalue weighted by Gasteiger charge is -2.19. The van der Waals surface area contributed by atoms with Crippen LogP contribution in [0.5, 0.6) is 0 Å². The number of benzene rings is 1. The van der Waals surface area contributed by atoms with E-state index in [9.17, 15) is 4.39 Å². The summed E-state index contributed by atoms with van der Waals surface area (Å²) in [6.07, 6.45) is 0. The molecule has 2 rings (SSSR count). The standard InChI is InChI=1S/C10H12BFN2O3/c12-9-1-2-10(14-13)8(5-9)6-17-11-7-15-3-4-16-11/h1-2,5,13H,3-4,6-7H2. The zero-order chi connectivity index (χ0) is 12.1. The van der Waals surface area contributed by atoms with E-state index in [1.54, 1.807) is 0 Å². The molecule has 1 heterocycles. The van der Waals surface area contributed by atoms with Crippen LogP contribution in [0.3, 0.4) is 0 Å². The van der Waals surface area contributed by atoms with Gasteiger partial charge < -0.3 is 14.0 Å². The quantitative estimate of drug-likeness (QED) is 0.645. The predicted molar refractivity (Wildman–Crippen MR) is 58.5 cm³/mol. The lowest BCUT2D eigenvalue weighted by Crippen LogP contribution is -2.35. The molecule has 0 radical (unpaired) electrons. The highest BCUT2D eigenvalue weighted by molar-refractivity contribution is 6.44. The van der Waals surface area contributed by atoms with Crippen LogP contribution >= 0.6 is 0 Å². The van der Waals surface area contributed by atoms with Crippen LogP contribution in [0, 0.1) is 11.3 Å². The van der Waals surface area contributed by atoms with Crippen LogP contribution in [-0.2, 0) is 20.7 Å². The van der Waals surface area contributed by atoms with Gasteiger partial charge in [-0.25, -0.2) is 9.92 Å². The Morgan fingerprint density at radius 2 is 2.35 bits per heavy atom. The van der Waals surface area contributed by atoms with Gasteiger partial charge in [0.1, 0.15) is 5.82 Å². The minimum absolute atomic E-state index is 0.142. The molecule has 0 atom stereocenters. The van der Waals surface area contributed by atoms with E-state index in [-0.39, 0.29) is 12.4 Å². The van der Waals surface area contributed by atoms with Crippen molar-refractivity contribution in [3.8, 4) is 0 Å². The van der Waals surface area contributed by atoms with E-state index in [1.165, 1.54) is 18.2 Å². The minimum atomic E-state index is -0.439. The highest BCUT2D eigenvalue weighted by Gasteiger charge is 2.22. The Morgan fingerprint density at radius 3 is 3.06 bits per heavy atom. The second-order valence-corrected chi connectivity index (χ2v) is 3.57. The van der Waals surface area contributed by atoms with E-state index >= 15 is 0 Å². The number of ether oxygens (including phenoxy) is 1. The maximum Gasteiger partial charge on any atom is 0.484 e. The summed E-state index contributed by atoms with van der Waals surface area (Å²) in [5, 5.41) is 3.31. The Morgan fingerprint density at radius 1 is 1.47 bits per heavy atom. The van der Waals surface area contributed by atoms with E-state index in [4.69, 9.17) is 19.6 Å². The van der Waals surface area contributed by atoms with E-state index in [0.29, 0.717) is 31.0 Å². The number of rotatable bonds is 4. The Bertz CT molecular complexity index is 399. The molecule has 1 aliphatic rings. The van der Waals surface area contributed by atoms with Crippen molar-refractivity contribution >= 4 is 12.8 Å². The first-order valence-electron chi connectivity index (χ1n) is 5.26. The van der Waals surface area contributed by atoms with E-state index in [1.807, 2.05) is 0 Å². The molecule has 0 unspecified atom stereocenters. The van der Waals surface area contributed by atoms with Crippen LogP contribution in [0.2, 0.25) is 0 Å². The third-order valence-electron chi connectivity index (χ3n) is 2.37. The molecule has 17 heavy (non-hydrogen) atoms. The molecule has 1 saturated heterocycles. The SMILES string of the molecule is N=Nc1ccc(F)cc1COB1COCCO1. The Labute approximate surface area is 98.5 Å². The van der Waals surface area contributed by atoms with Gasteiger partial charge >= 0.3 is 7.12 Å². The van der Waals surface area contributed by atoms with Gasteiger partial charge in [-0.15, -0.1) is 0 Å². The molecule has 0 aromatic heterocycles. The summed E-state index contributed by atoms with van der Waals surface area (Å²) in [5.41, 5.74) is 7.88. The monoisotopic (exact) mass is 238 g/mol. The van der Waals surface area contributed by atoms with Crippen LogP contribution in [0.15, 0.2) is 23.3 Å². The molecule has 1 aromatic rings. The second kappa shape index (κ2) is 5.86. The number of hydrogen-bond acceptors (Lipinski definition) is 5. The van der Waals surface area contributed by atoms with Gasteiger partial charge in [0.2, 0.25) is 0 Å². The maximum atomic E-state index is 13.0. The Balaban J connectivity index is 1.97. The molecule has 5 nitrogen and oxygen atoms in total. The van der Waals surface area contributed by atoms with Crippen molar-refractivity contribution in [3.05, 3.63) is 29.6 Å². The summed E-state index contributed by atoms with van der Waals surface area (Å²) < 4.78 is 28.9. The van der Waals surface area contributed by atoms with Crippen LogP contribution < -0.4 is 0 Å². The molecular weight excluding hydrogens is 226 g/mol. The van der Waals surface area contributed by atoms with Crippen molar-refractivity contribution in [2.75, 3.05) is 19.7 Å². The Hall–Kier alpha value is -1.31. The predicted octanol–water partition coefficient (Wildman–Crippen LogP) is 2.08. The average molecular weight is 238 g/mol. The lowest BCUT2D eigenvalue weighted by molar-refractivity contribution is 0.0458. The summed E-state index contributed by atoms with van der Waals surface area (Å²) in [6, 6.07) is 4.01. The topological polar surface area (TPSA) is 63.9 Å². The molecule has 1 N–H and O–H groups in total. The second-order valence-electron chi connectivity index (χ2n) is 3.57. The summed E-state index contributed by atoms with van der Waals surface area (Å²) in [6.45, 7) is 1.56. The number of hydrogen-bond donors (Lipinski definition) is 1. The first-order chi connectivity index (χ1) is 8.29. The highest BCUT2D eigenvalue weighted by Crippen LogP contribution is 2.21. The molecule has 0 amide bonds. The van der Waals surface area contributed by atoms with Crippen LogP contribution in [0.25, 0.3) is 0 Å². The Kier molecular flexibility index (Phi) is 4.19. The van der Waals surface area contributed by atoms with Crippen molar-refractivity contribution < 1.29 is 18.4 Å². The molecule has 0 aliphatic carbocycles. The fraction of sp³-hybridized carbons (Fsp3) is 0.400. The molecule has 1 aromatic carbocycles. The van der Waals surface area contributed by atoms with Crippen molar-refractivity contribution in [2.45, 2.75) is 6.61 Å². The third kappa shape index (κ3) is 3.32. The van der Waals surface area contributed by atoms with Crippen LogP contribution in [0.4, 0.5) is 10.1 Å². The largest absolute Gasteiger partial charge is 0.484 e. The van der Waals surface area contributed by atoms with E-state index in [0.717, 1.165) is 0 Å². The van der Waals surface area contributed by atoms with E-state index in [2.05, 4.69) is 5.11 Å². The van der Waals surface area contributed by atoms with Gasteiger partial charge in [-0.3, -0.25) is 0 Å². The fourth-order valence-corrected chi connectivity index (χ4v) is 1.52. The summed E-state index contributed by atoms with van der Waals surface area (Å²) in [4.78, 5) is 0. The molecule has 90 valence electrons. The van der Waals surface area contributed by atoms with E-state index < -0.39 is 7.12 Å². The highest BCUT2D eigenvalue weighted by atomic mass is 19.1. The minimum Gasteiger partial charge on any atom is -0.407 e. The summed E-state index contributed by atoms with van der Waals surface area (Å²) >= 11 is 0. The van der Waals surface area contributed by atoms with Gasteiger partial charge in [-0.05, 0) is 18.2 Å². The fourth-order valence-electron chi connectivity index (χ4n) is 1.52. The number of halogens is 1.